The molecule has 112 valence electrons. The SMILES string of the molecule is Nc1nc(-c2ccc(F)c(Cl)c2)c2[se]c3c(c2n1)CCCC3. The van der Waals surface area contributed by atoms with E-state index in [2.05, 4.69) is 9.97 Å². The zero-order chi connectivity index (χ0) is 15.3. The van der Waals surface area contributed by atoms with Crippen LogP contribution in [0.1, 0.15) is 22.8 Å². The third kappa shape index (κ3) is 2.24. The zero-order valence-corrected chi connectivity index (χ0v) is 14.2. The summed E-state index contributed by atoms with van der Waals surface area (Å²) >= 11 is 6.15. The molecule has 0 aliphatic heterocycles. The van der Waals surface area contributed by atoms with Gasteiger partial charge in [-0.15, -0.1) is 0 Å². The van der Waals surface area contributed by atoms with E-state index >= 15 is 0 Å². The number of hydrogen-bond acceptors (Lipinski definition) is 3. The molecule has 1 aromatic carbocycles. The molecule has 0 radical (unpaired) electrons. The number of hydrogen-bond donors (Lipinski definition) is 1. The van der Waals surface area contributed by atoms with Gasteiger partial charge in [-0.25, -0.2) is 0 Å². The minimum atomic E-state index is -0.424. The van der Waals surface area contributed by atoms with Crippen molar-refractivity contribution in [1.82, 2.24) is 9.97 Å². The molecule has 0 fully saturated rings. The van der Waals surface area contributed by atoms with Crippen LogP contribution in [0.15, 0.2) is 18.2 Å². The molecular formula is C16H13ClFN3Se. The van der Waals surface area contributed by atoms with Gasteiger partial charge in [-0.3, -0.25) is 0 Å². The second kappa shape index (κ2) is 5.34. The molecule has 2 N–H and O–H groups in total. The molecule has 22 heavy (non-hydrogen) atoms. The summed E-state index contributed by atoms with van der Waals surface area (Å²) in [7, 11) is 0. The predicted octanol–water partition coefficient (Wildman–Crippen LogP) is 3.61. The van der Waals surface area contributed by atoms with Gasteiger partial charge in [0.25, 0.3) is 0 Å². The van der Waals surface area contributed by atoms with Crippen LogP contribution < -0.4 is 5.73 Å². The first-order valence-corrected chi connectivity index (χ1v) is 9.26. The first-order chi connectivity index (χ1) is 10.6. The standard InChI is InChI=1S/C16H13ClFN3Se/c17-10-7-8(5-6-11(10)18)13-15-14(21-16(19)20-13)9-3-1-2-4-12(9)22-15/h5-7H,1-4H2,(H2,19,20,21). The van der Waals surface area contributed by atoms with Gasteiger partial charge in [0.1, 0.15) is 0 Å². The van der Waals surface area contributed by atoms with Crippen molar-refractivity contribution in [2.45, 2.75) is 25.7 Å². The number of fused-ring (bicyclic) bond motifs is 3. The molecule has 1 aliphatic rings. The van der Waals surface area contributed by atoms with E-state index in [-0.39, 0.29) is 25.5 Å². The van der Waals surface area contributed by atoms with Gasteiger partial charge in [0, 0.05) is 0 Å². The molecule has 2 aromatic heterocycles. The number of nitrogens with two attached hydrogens (primary N) is 1. The molecule has 0 bridgehead atoms. The predicted molar refractivity (Wildman–Crippen MR) is 87.9 cm³/mol. The Balaban J connectivity index is 2.00. The first kappa shape index (κ1) is 14.2. The van der Waals surface area contributed by atoms with Gasteiger partial charge in [-0.1, -0.05) is 0 Å². The number of nitrogens with zero attached hydrogens (tertiary/aromatic N) is 2. The molecule has 3 nitrogen and oxygen atoms in total. The molecule has 0 amide bonds. The number of aryl methyl sites for hydroxylation is 2. The molecule has 0 spiro atoms. The van der Waals surface area contributed by atoms with E-state index in [1.54, 1.807) is 12.1 Å². The van der Waals surface area contributed by atoms with E-state index in [9.17, 15) is 4.39 Å². The van der Waals surface area contributed by atoms with Gasteiger partial charge < -0.3 is 0 Å². The number of nitrogen functional groups attached to an aromatic ring is 1. The van der Waals surface area contributed by atoms with Crippen molar-refractivity contribution < 1.29 is 4.39 Å². The van der Waals surface area contributed by atoms with Crippen LogP contribution in [0, 0.1) is 5.82 Å². The third-order valence-corrected chi connectivity index (χ3v) is 7.00. The molecule has 0 unspecified atom stereocenters. The van der Waals surface area contributed by atoms with Crippen LogP contribution in [0.4, 0.5) is 10.3 Å². The number of halogens is 2. The van der Waals surface area contributed by atoms with Gasteiger partial charge in [-0.2, -0.15) is 0 Å². The average molecular weight is 381 g/mol. The maximum atomic E-state index is 13.4. The van der Waals surface area contributed by atoms with Crippen LogP contribution in [0.2, 0.25) is 5.02 Å². The molecule has 3 aromatic rings. The monoisotopic (exact) mass is 381 g/mol. The number of aromatic nitrogens is 2. The average Bonchev–Trinajstić information content (AvgIpc) is 2.88. The van der Waals surface area contributed by atoms with E-state index in [0.717, 1.165) is 33.9 Å². The van der Waals surface area contributed by atoms with E-state index in [4.69, 9.17) is 17.3 Å². The molecule has 4 rings (SSSR count). The summed E-state index contributed by atoms with van der Waals surface area (Å²) in [6, 6.07) is 4.70. The van der Waals surface area contributed by atoms with Crippen molar-refractivity contribution in [3.8, 4) is 11.3 Å². The summed E-state index contributed by atoms with van der Waals surface area (Å²) in [5.74, 6) is -0.156. The van der Waals surface area contributed by atoms with Gasteiger partial charge in [-0.05, 0) is 0 Å². The molecule has 0 saturated heterocycles. The Morgan fingerprint density at radius 2 is 2.00 bits per heavy atom. The van der Waals surface area contributed by atoms with Crippen molar-refractivity contribution in [3.05, 3.63) is 39.0 Å². The van der Waals surface area contributed by atoms with E-state index in [1.165, 1.54) is 28.9 Å². The Bertz CT molecular complexity index is 891. The van der Waals surface area contributed by atoms with Crippen molar-refractivity contribution in [2.75, 3.05) is 5.73 Å². The minimum absolute atomic E-state index is 0.103. The van der Waals surface area contributed by atoms with Crippen LogP contribution in [-0.4, -0.2) is 24.5 Å². The normalized spacial score (nSPS) is 14.3. The summed E-state index contributed by atoms with van der Waals surface area (Å²) in [6.07, 6.45) is 4.67. The van der Waals surface area contributed by atoms with Gasteiger partial charge in [0.05, 0.1) is 0 Å². The van der Waals surface area contributed by atoms with Crippen LogP contribution in [0.25, 0.3) is 21.0 Å². The molecule has 0 atom stereocenters. The third-order valence-electron chi connectivity index (χ3n) is 4.00. The number of benzene rings is 1. The van der Waals surface area contributed by atoms with Crippen molar-refractivity contribution in [2.24, 2.45) is 0 Å². The van der Waals surface area contributed by atoms with E-state index in [0.29, 0.717) is 0 Å². The molecule has 1 aliphatic carbocycles. The Kier molecular flexibility index (Phi) is 3.44. The van der Waals surface area contributed by atoms with Crippen molar-refractivity contribution in [3.63, 3.8) is 0 Å². The summed E-state index contributed by atoms with van der Waals surface area (Å²) in [5.41, 5.74) is 9.90. The van der Waals surface area contributed by atoms with Gasteiger partial charge >= 0.3 is 138 Å². The Morgan fingerprint density at radius 3 is 2.82 bits per heavy atom. The van der Waals surface area contributed by atoms with Gasteiger partial charge in [0.2, 0.25) is 0 Å². The topological polar surface area (TPSA) is 51.8 Å². The zero-order valence-electron chi connectivity index (χ0n) is 11.7. The first-order valence-electron chi connectivity index (χ1n) is 7.16. The number of rotatable bonds is 1. The van der Waals surface area contributed by atoms with E-state index in [1.807, 2.05) is 0 Å². The van der Waals surface area contributed by atoms with Crippen LogP contribution in [0.5, 0.6) is 0 Å². The quantitative estimate of drug-likeness (QED) is 0.656. The van der Waals surface area contributed by atoms with E-state index < -0.39 is 5.82 Å². The fraction of sp³-hybridized carbons (Fsp3) is 0.250. The summed E-state index contributed by atoms with van der Waals surface area (Å²) in [5, 5.41) is 0.103. The van der Waals surface area contributed by atoms with Gasteiger partial charge in [0.15, 0.2) is 0 Å². The molecular weight excluding hydrogens is 368 g/mol. The Morgan fingerprint density at radius 1 is 1.18 bits per heavy atom. The Hall–Kier alpha value is -1.42. The molecule has 2 heterocycles. The van der Waals surface area contributed by atoms with Crippen LogP contribution in [0.3, 0.4) is 0 Å². The second-order valence-corrected chi connectivity index (χ2v) is 8.17. The molecule has 6 heteroatoms. The number of anilines is 1. The van der Waals surface area contributed by atoms with Crippen molar-refractivity contribution >= 4 is 41.8 Å². The fourth-order valence-corrected chi connectivity index (χ4v) is 5.96. The summed E-state index contributed by atoms with van der Waals surface area (Å²) < 4.78 is 16.1. The van der Waals surface area contributed by atoms with Crippen molar-refractivity contribution in [1.29, 1.82) is 0 Å². The fourth-order valence-electron chi connectivity index (χ4n) is 2.97. The van der Waals surface area contributed by atoms with Crippen LogP contribution in [-0.2, 0) is 12.8 Å². The summed E-state index contributed by atoms with van der Waals surface area (Å²) in [4.78, 5) is 8.90. The van der Waals surface area contributed by atoms with Crippen LogP contribution >= 0.6 is 11.6 Å². The maximum absolute atomic E-state index is 13.4. The Labute approximate surface area is 138 Å². The summed E-state index contributed by atoms with van der Waals surface area (Å²) in [6.45, 7) is 0. The molecule has 0 saturated carbocycles. The second-order valence-electron chi connectivity index (χ2n) is 5.45.